The highest BCUT2D eigenvalue weighted by atomic mass is 32.2. The minimum absolute atomic E-state index is 0.0916. The maximum atomic E-state index is 12.1. The molecule has 262 valence electrons. The number of hydrogen-bond donors (Lipinski definition) is 4. The number of hydrogen-bond acceptors (Lipinski definition) is 10. The van der Waals surface area contributed by atoms with Gasteiger partial charge >= 0.3 is 0 Å². The van der Waals surface area contributed by atoms with Crippen molar-refractivity contribution in [1.29, 1.82) is 0 Å². The van der Waals surface area contributed by atoms with Gasteiger partial charge in [-0.05, 0) is 41.5 Å². The van der Waals surface area contributed by atoms with Crippen molar-refractivity contribution in [2.24, 2.45) is 0 Å². The van der Waals surface area contributed by atoms with Crippen molar-refractivity contribution >= 4 is 64.4 Å². The summed E-state index contributed by atoms with van der Waals surface area (Å²) in [6.07, 6.45) is 0. The zero-order chi connectivity index (χ0) is 36.9. The van der Waals surface area contributed by atoms with Crippen molar-refractivity contribution in [3.8, 4) is 56.7 Å². The highest BCUT2D eigenvalue weighted by Crippen LogP contribution is 2.38. The van der Waals surface area contributed by atoms with Crippen LogP contribution in [0.4, 0.5) is 0 Å². The van der Waals surface area contributed by atoms with E-state index >= 15 is 0 Å². The maximum Gasteiger partial charge on any atom is 0.294 e. The fourth-order valence-electron chi connectivity index (χ4n) is 6.86. The minimum atomic E-state index is -4.85. The van der Waals surface area contributed by atoms with E-state index in [9.17, 15) is 25.9 Å². The smallest absolute Gasteiger partial charge is 0.294 e. The van der Waals surface area contributed by atoms with Crippen LogP contribution in [0.3, 0.4) is 0 Å². The van der Waals surface area contributed by atoms with Crippen LogP contribution in [-0.4, -0.2) is 65.8 Å². The normalized spacial score (nSPS) is 12.6. The number of nitrogens with one attached hydrogen (secondary N) is 2. The average Bonchev–Trinajstić information content (AvgIpc) is 3.89. The van der Waals surface area contributed by atoms with Crippen LogP contribution >= 0.6 is 0 Å². The summed E-state index contributed by atoms with van der Waals surface area (Å²) in [7, 11) is -9.70. The van der Waals surface area contributed by atoms with Gasteiger partial charge in [0.2, 0.25) is 0 Å². The van der Waals surface area contributed by atoms with Crippen molar-refractivity contribution in [3.05, 3.63) is 109 Å². The monoisotopic (exact) mass is 750 g/mol. The largest absolute Gasteiger partial charge is 0.324 e. The van der Waals surface area contributed by atoms with Crippen LogP contribution in [0.25, 0.3) is 101 Å². The van der Waals surface area contributed by atoms with Gasteiger partial charge in [-0.2, -0.15) is 16.8 Å². The first kappa shape index (κ1) is 32.0. The molecule has 16 heteroatoms. The first-order valence-corrected chi connectivity index (χ1v) is 19.2. The van der Waals surface area contributed by atoms with Crippen LogP contribution in [0.2, 0.25) is 0 Å². The number of nitrogens with zero attached hydrogens (tertiary/aromatic N) is 6. The molecule has 14 nitrogen and oxygen atoms in total. The Labute approximate surface area is 304 Å². The second kappa shape index (κ2) is 11.4. The Kier molecular flexibility index (Phi) is 6.74. The van der Waals surface area contributed by atoms with Gasteiger partial charge in [0.25, 0.3) is 20.2 Å². The topological polar surface area (TPSA) is 218 Å². The number of rotatable bonds is 3. The van der Waals surface area contributed by atoms with Gasteiger partial charge in [0, 0.05) is 43.8 Å². The van der Waals surface area contributed by atoms with E-state index in [1.54, 1.807) is 18.2 Å². The summed E-state index contributed by atoms with van der Waals surface area (Å²) in [5, 5.41) is 2.82. The van der Waals surface area contributed by atoms with Gasteiger partial charge < -0.3 is 9.97 Å². The van der Waals surface area contributed by atoms with Gasteiger partial charge in [-0.1, -0.05) is 78.9 Å². The molecule has 0 fully saturated rings. The number of aromatic nitrogens is 8. The molecule has 54 heavy (non-hydrogen) atoms. The van der Waals surface area contributed by atoms with Gasteiger partial charge in [-0.25, -0.2) is 29.9 Å². The molecule has 5 heterocycles. The third-order valence-corrected chi connectivity index (χ3v) is 11.0. The van der Waals surface area contributed by atoms with E-state index in [2.05, 4.69) is 9.97 Å². The lowest BCUT2D eigenvalue weighted by Crippen LogP contribution is -2.04. The fraction of sp³-hybridized carbons (Fsp3) is 0. The number of fused-ring (bicyclic) bond motifs is 20. The molecule has 0 amide bonds. The molecular formula is C38H22N8O6S2. The summed E-state index contributed by atoms with van der Waals surface area (Å²) < 4.78 is 68.2. The van der Waals surface area contributed by atoms with Crippen LogP contribution in [0.15, 0.2) is 119 Å². The van der Waals surface area contributed by atoms with Crippen molar-refractivity contribution in [2.75, 3.05) is 0 Å². The van der Waals surface area contributed by atoms with Gasteiger partial charge in [0.05, 0.1) is 9.79 Å². The van der Waals surface area contributed by atoms with Gasteiger partial charge in [-0.15, -0.1) is 0 Å². The van der Waals surface area contributed by atoms with Gasteiger partial charge in [0.15, 0.2) is 23.3 Å². The van der Waals surface area contributed by atoms with Gasteiger partial charge in [0.1, 0.15) is 22.6 Å². The third-order valence-electron chi connectivity index (χ3n) is 9.36. The summed E-state index contributed by atoms with van der Waals surface area (Å²) in [6.45, 7) is 0. The summed E-state index contributed by atoms with van der Waals surface area (Å²) in [4.78, 5) is 35.0. The van der Waals surface area contributed by atoms with Crippen molar-refractivity contribution < 1.29 is 25.9 Å². The van der Waals surface area contributed by atoms with E-state index in [1.165, 1.54) is 0 Å². The van der Waals surface area contributed by atoms with Crippen molar-refractivity contribution in [1.82, 2.24) is 39.9 Å². The Hall–Kier alpha value is -6.72. The summed E-state index contributed by atoms with van der Waals surface area (Å²) >= 11 is 0. The number of aromatic amines is 2. The molecule has 8 bridgehead atoms. The third kappa shape index (κ3) is 5.15. The molecule has 0 spiro atoms. The molecule has 0 saturated carbocycles. The Bertz CT molecular complexity index is 3310. The second-order valence-electron chi connectivity index (χ2n) is 12.7. The van der Waals surface area contributed by atoms with E-state index in [4.69, 9.17) is 29.9 Å². The summed E-state index contributed by atoms with van der Waals surface area (Å²) in [6, 6.07) is 30.9. The maximum absolute atomic E-state index is 12.1. The van der Waals surface area contributed by atoms with E-state index in [0.29, 0.717) is 68.3 Å². The lowest BCUT2D eigenvalue weighted by atomic mass is 10.0. The predicted octanol–water partition coefficient (Wildman–Crippen LogP) is 7.03. The molecule has 0 aliphatic carbocycles. The Morgan fingerprint density at radius 3 is 1.17 bits per heavy atom. The first-order valence-electron chi connectivity index (χ1n) is 16.3. The second-order valence-corrected chi connectivity index (χ2v) is 15.5. The molecule has 0 saturated heterocycles. The van der Waals surface area contributed by atoms with Crippen LogP contribution < -0.4 is 0 Å². The predicted molar refractivity (Wildman–Crippen MR) is 201 cm³/mol. The Morgan fingerprint density at radius 1 is 0.389 bits per heavy atom. The van der Waals surface area contributed by atoms with Crippen LogP contribution in [0, 0.1) is 0 Å². The summed E-state index contributed by atoms with van der Waals surface area (Å²) in [5.41, 5.74) is 5.33. The zero-order valence-corrected chi connectivity index (χ0v) is 29.1. The highest BCUT2D eigenvalue weighted by Gasteiger charge is 2.23. The molecule has 2 aliphatic heterocycles. The average molecular weight is 751 g/mol. The van der Waals surface area contributed by atoms with E-state index in [-0.39, 0.29) is 5.56 Å². The lowest BCUT2D eigenvalue weighted by molar-refractivity contribution is 0.481. The quantitative estimate of drug-likeness (QED) is 0.134. The van der Waals surface area contributed by atoms with Gasteiger partial charge in [-0.3, -0.25) is 9.11 Å². The molecule has 3 aromatic heterocycles. The number of H-pyrrole nitrogens is 2. The van der Waals surface area contributed by atoms with E-state index in [1.807, 2.05) is 72.8 Å². The Morgan fingerprint density at radius 2 is 0.759 bits per heavy atom. The molecule has 2 aliphatic rings. The van der Waals surface area contributed by atoms with E-state index in [0.717, 1.165) is 45.2 Å². The Balaban J connectivity index is 1.33. The molecule has 4 N–H and O–H groups in total. The molecule has 8 aromatic rings. The zero-order valence-electron chi connectivity index (χ0n) is 27.4. The molecule has 0 radical (unpaired) electrons. The lowest BCUT2D eigenvalue weighted by Gasteiger charge is -2.08. The molecule has 0 unspecified atom stereocenters. The van der Waals surface area contributed by atoms with E-state index < -0.39 is 30.0 Å². The van der Waals surface area contributed by atoms with Crippen LogP contribution in [-0.2, 0) is 20.2 Å². The van der Waals surface area contributed by atoms with Crippen molar-refractivity contribution in [3.63, 3.8) is 0 Å². The summed E-state index contributed by atoms with van der Waals surface area (Å²) in [5.74, 6) is 1.63. The minimum Gasteiger partial charge on any atom is -0.324 e. The molecule has 10 rings (SSSR count). The molecular weight excluding hydrogens is 729 g/mol. The molecule has 0 atom stereocenters. The van der Waals surface area contributed by atoms with Crippen molar-refractivity contribution in [2.45, 2.75) is 9.79 Å². The SMILES string of the molecule is O=S(=O)(O)c1cc(-c2ccc3c4nc5nc(nc6[nH]c(nc7nc(nc([nH]4)c3c2)-c2ccccc2-7)c2ccccc62)-c2ccccc2-5)cc(S(=O)(=O)O)c1. The number of benzene rings is 5. The first-order chi connectivity index (χ1) is 26.0. The fourth-order valence-corrected chi connectivity index (χ4v) is 8.04. The van der Waals surface area contributed by atoms with Crippen LogP contribution in [0.1, 0.15) is 0 Å². The standard InChI is InChI=1S/C38H22N8O6S2/c47-53(48,49)21-15-20(16-22(18-21)54(50,51)52)19-13-14-29-30(17-19)38-45-36-28-12-6-5-11-27(28)34(43-36)41-32-24-8-2-1-7-23(24)31(39-32)40-33-25-9-3-4-10-26(25)35(42-33)44-37(29)46-38/h1-18H,(H,47,48,49)(H,50,51,52)(H2,39,40,41,42,43,44,45,46). The van der Waals surface area contributed by atoms with Crippen LogP contribution in [0.5, 0.6) is 0 Å². The highest BCUT2D eigenvalue weighted by molar-refractivity contribution is 7.86. The molecule has 5 aromatic carbocycles.